The van der Waals surface area contributed by atoms with Crippen LogP contribution in [0.25, 0.3) is 0 Å². The van der Waals surface area contributed by atoms with Crippen molar-refractivity contribution >= 4 is 0 Å². The summed E-state index contributed by atoms with van der Waals surface area (Å²) in [6.07, 6.45) is 0.539. The second kappa shape index (κ2) is 6.30. The first-order valence-electron chi connectivity index (χ1n) is 5.37. The lowest BCUT2D eigenvalue weighted by Gasteiger charge is -2.37. The molecule has 0 spiro atoms. The topological polar surface area (TPSA) is 15.3 Å². The highest BCUT2D eigenvalue weighted by Gasteiger charge is 2.43. The van der Waals surface area contributed by atoms with Crippen molar-refractivity contribution < 1.29 is 8.78 Å². The lowest BCUT2D eigenvalue weighted by Crippen LogP contribution is -2.56. The zero-order valence-corrected chi connectivity index (χ0v) is 9.61. The van der Waals surface area contributed by atoms with Crippen molar-refractivity contribution in [3.05, 3.63) is 0 Å². The van der Waals surface area contributed by atoms with Crippen LogP contribution in [0.4, 0.5) is 8.78 Å². The van der Waals surface area contributed by atoms with Crippen LogP contribution in [0.5, 0.6) is 0 Å². The highest BCUT2D eigenvalue weighted by atomic mass is 19.3. The Morgan fingerprint density at radius 3 is 2.36 bits per heavy atom. The fraction of sp³-hybridized carbons (Fsp3) is 1.00. The minimum atomic E-state index is -2.57. The van der Waals surface area contributed by atoms with Crippen LogP contribution < -0.4 is 5.32 Å². The van der Waals surface area contributed by atoms with Crippen molar-refractivity contribution in [2.45, 2.75) is 39.2 Å². The van der Waals surface area contributed by atoms with Gasteiger partial charge in [-0.2, -0.15) is 0 Å². The number of halogens is 2. The Hall–Kier alpha value is -0.220. The van der Waals surface area contributed by atoms with Crippen LogP contribution in [0.3, 0.4) is 0 Å². The minimum absolute atomic E-state index is 0.102. The van der Waals surface area contributed by atoms with Crippen LogP contribution >= 0.6 is 0 Å². The Morgan fingerprint density at radius 2 is 2.00 bits per heavy atom. The first-order valence-corrected chi connectivity index (χ1v) is 5.37. The second-order valence-electron chi connectivity index (χ2n) is 3.26. The quantitative estimate of drug-likeness (QED) is 0.746. The SMILES string of the molecule is CC.CCN1CCC(NC)C(F)(F)C1. The molecule has 0 bridgehead atoms. The van der Waals surface area contributed by atoms with Crippen molar-refractivity contribution in [2.24, 2.45) is 0 Å². The van der Waals surface area contributed by atoms with Crippen molar-refractivity contribution in [2.75, 3.05) is 26.7 Å². The summed E-state index contributed by atoms with van der Waals surface area (Å²) >= 11 is 0. The Labute approximate surface area is 85.7 Å². The van der Waals surface area contributed by atoms with Crippen LogP contribution in [0.1, 0.15) is 27.2 Å². The number of piperidine rings is 1. The van der Waals surface area contributed by atoms with Gasteiger partial charge in [-0.3, -0.25) is 4.90 Å². The summed E-state index contributed by atoms with van der Waals surface area (Å²) in [6, 6.07) is -0.639. The molecule has 0 amide bonds. The smallest absolute Gasteiger partial charge is 0.275 e. The molecule has 0 aromatic rings. The molecular formula is C10H22F2N2. The van der Waals surface area contributed by atoms with Gasteiger partial charge in [-0.25, -0.2) is 8.78 Å². The molecule has 2 nitrogen and oxygen atoms in total. The van der Waals surface area contributed by atoms with Gasteiger partial charge in [-0.05, 0) is 20.0 Å². The van der Waals surface area contributed by atoms with Crippen molar-refractivity contribution in [1.29, 1.82) is 0 Å². The molecule has 1 aliphatic heterocycles. The van der Waals surface area contributed by atoms with Gasteiger partial charge in [-0.15, -0.1) is 0 Å². The highest BCUT2D eigenvalue weighted by molar-refractivity contribution is 4.90. The number of nitrogens with one attached hydrogen (secondary N) is 1. The minimum Gasteiger partial charge on any atom is -0.312 e. The first kappa shape index (κ1) is 13.8. The van der Waals surface area contributed by atoms with E-state index < -0.39 is 12.0 Å². The summed E-state index contributed by atoms with van der Waals surface area (Å²) in [5.74, 6) is -2.57. The van der Waals surface area contributed by atoms with E-state index in [4.69, 9.17) is 0 Å². The Morgan fingerprint density at radius 1 is 1.43 bits per heavy atom. The molecule has 0 saturated carbocycles. The Balaban J connectivity index is 0.000000791. The van der Waals surface area contributed by atoms with E-state index in [1.807, 2.05) is 20.8 Å². The van der Waals surface area contributed by atoms with Gasteiger partial charge in [0.25, 0.3) is 5.92 Å². The van der Waals surface area contributed by atoms with Gasteiger partial charge in [0.1, 0.15) is 0 Å². The number of likely N-dealkylation sites (tertiary alicyclic amines) is 1. The molecule has 0 radical (unpaired) electrons. The predicted molar refractivity (Wildman–Crippen MR) is 55.9 cm³/mol. The molecule has 0 aromatic carbocycles. The maximum atomic E-state index is 13.2. The summed E-state index contributed by atoms with van der Waals surface area (Å²) in [4.78, 5) is 1.79. The zero-order chi connectivity index (χ0) is 11.2. The van der Waals surface area contributed by atoms with Crippen LogP contribution in [-0.2, 0) is 0 Å². The molecule has 1 rings (SSSR count). The Bertz CT molecular complexity index is 151. The van der Waals surface area contributed by atoms with Gasteiger partial charge >= 0.3 is 0 Å². The maximum absolute atomic E-state index is 13.2. The molecule has 1 fully saturated rings. The van der Waals surface area contributed by atoms with Crippen molar-refractivity contribution in [3.63, 3.8) is 0 Å². The van der Waals surface area contributed by atoms with E-state index in [2.05, 4.69) is 5.32 Å². The third kappa shape index (κ3) is 3.50. The highest BCUT2D eigenvalue weighted by Crippen LogP contribution is 2.26. The lowest BCUT2D eigenvalue weighted by molar-refractivity contribution is -0.0870. The predicted octanol–water partition coefficient (Wildman–Crippen LogP) is 1.96. The molecular weight excluding hydrogens is 186 g/mol. The monoisotopic (exact) mass is 208 g/mol. The number of nitrogens with zero attached hydrogens (tertiary/aromatic N) is 1. The molecule has 14 heavy (non-hydrogen) atoms. The summed E-state index contributed by atoms with van der Waals surface area (Å²) in [7, 11) is 1.60. The molecule has 1 unspecified atom stereocenters. The summed E-state index contributed by atoms with van der Waals surface area (Å²) in [6.45, 7) is 7.30. The third-order valence-electron chi connectivity index (χ3n) is 2.47. The van der Waals surface area contributed by atoms with Gasteiger partial charge in [0.05, 0.1) is 12.6 Å². The van der Waals surface area contributed by atoms with Crippen LogP contribution in [-0.4, -0.2) is 43.5 Å². The van der Waals surface area contributed by atoms with E-state index in [-0.39, 0.29) is 6.54 Å². The Kier molecular flexibility index (Phi) is 6.20. The van der Waals surface area contributed by atoms with E-state index in [1.165, 1.54) is 0 Å². The number of rotatable bonds is 2. The fourth-order valence-electron chi connectivity index (χ4n) is 1.64. The molecule has 0 aliphatic carbocycles. The fourth-order valence-corrected chi connectivity index (χ4v) is 1.64. The van der Waals surface area contributed by atoms with Crippen LogP contribution in [0.15, 0.2) is 0 Å². The average Bonchev–Trinajstić information content (AvgIpc) is 2.19. The molecule has 0 aromatic heterocycles. The van der Waals surface area contributed by atoms with Gasteiger partial charge in [-0.1, -0.05) is 20.8 Å². The molecule has 86 valence electrons. The zero-order valence-electron chi connectivity index (χ0n) is 9.61. The van der Waals surface area contributed by atoms with Crippen molar-refractivity contribution in [1.82, 2.24) is 10.2 Å². The normalized spacial score (nSPS) is 26.6. The largest absolute Gasteiger partial charge is 0.312 e. The van der Waals surface area contributed by atoms with Gasteiger partial charge in [0.15, 0.2) is 0 Å². The summed E-state index contributed by atoms with van der Waals surface area (Å²) in [5.41, 5.74) is 0. The number of hydrogen-bond acceptors (Lipinski definition) is 2. The first-order chi connectivity index (χ1) is 6.60. The van der Waals surface area contributed by atoms with Crippen LogP contribution in [0.2, 0.25) is 0 Å². The lowest BCUT2D eigenvalue weighted by atomic mass is 10.0. The standard InChI is InChI=1S/C8H16F2N2.C2H6/c1-3-12-5-4-7(11-2)8(9,10)6-12;1-2/h7,11H,3-6H2,1-2H3;1-2H3. The van der Waals surface area contributed by atoms with Gasteiger partial charge in [0.2, 0.25) is 0 Å². The van der Waals surface area contributed by atoms with Gasteiger partial charge < -0.3 is 5.32 Å². The van der Waals surface area contributed by atoms with E-state index in [0.29, 0.717) is 13.0 Å². The van der Waals surface area contributed by atoms with E-state index in [1.54, 1.807) is 11.9 Å². The van der Waals surface area contributed by atoms with E-state index in [0.717, 1.165) is 6.54 Å². The summed E-state index contributed by atoms with van der Waals surface area (Å²) < 4.78 is 26.4. The molecule has 1 heterocycles. The average molecular weight is 208 g/mol. The number of alkyl halides is 2. The number of hydrogen-bond donors (Lipinski definition) is 1. The molecule has 1 saturated heterocycles. The molecule has 1 N–H and O–H groups in total. The van der Waals surface area contributed by atoms with Crippen molar-refractivity contribution in [3.8, 4) is 0 Å². The third-order valence-corrected chi connectivity index (χ3v) is 2.47. The van der Waals surface area contributed by atoms with E-state index >= 15 is 0 Å². The molecule has 4 heteroatoms. The van der Waals surface area contributed by atoms with E-state index in [9.17, 15) is 8.78 Å². The maximum Gasteiger partial charge on any atom is 0.275 e. The second-order valence-corrected chi connectivity index (χ2v) is 3.26. The summed E-state index contributed by atoms with van der Waals surface area (Å²) in [5, 5.41) is 2.66. The van der Waals surface area contributed by atoms with Gasteiger partial charge in [0, 0.05) is 6.54 Å². The molecule has 1 aliphatic rings. The molecule has 1 atom stereocenters. The van der Waals surface area contributed by atoms with Crippen LogP contribution in [0, 0.1) is 0 Å².